The number of benzene rings is 1. The van der Waals surface area contributed by atoms with Crippen molar-refractivity contribution >= 4 is 6.41 Å². The van der Waals surface area contributed by atoms with Crippen molar-refractivity contribution in [2.45, 2.75) is 25.5 Å². The first-order valence-electron chi connectivity index (χ1n) is 7.20. The number of likely N-dealkylation sites (tertiary alicyclic amines) is 1. The molecule has 1 aromatic carbocycles. The van der Waals surface area contributed by atoms with Gasteiger partial charge in [-0.15, -0.1) is 0 Å². The van der Waals surface area contributed by atoms with Crippen LogP contribution in [0.2, 0.25) is 0 Å². The summed E-state index contributed by atoms with van der Waals surface area (Å²) < 4.78 is 5.67. The second kappa shape index (κ2) is 6.39. The topological polar surface area (TPSA) is 42.4 Å². The highest BCUT2D eigenvalue weighted by Gasteiger charge is 2.24. The van der Waals surface area contributed by atoms with Crippen LogP contribution in [0.3, 0.4) is 0 Å². The van der Waals surface area contributed by atoms with E-state index in [2.05, 4.69) is 4.98 Å². The molecule has 21 heavy (non-hydrogen) atoms. The fourth-order valence-electron chi connectivity index (χ4n) is 2.68. The maximum absolute atomic E-state index is 11.0. The Morgan fingerprint density at radius 3 is 2.81 bits per heavy atom. The van der Waals surface area contributed by atoms with Gasteiger partial charge in [0, 0.05) is 18.8 Å². The fourth-order valence-corrected chi connectivity index (χ4v) is 2.68. The zero-order valence-corrected chi connectivity index (χ0v) is 11.8. The largest absolute Gasteiger partial charge is 0.473 e. The summed E-state index contributed by atoms with van der Waals surface area (Å²) in [4.78, 5) is 17.2. The normalized spacial score (nSPS) is 17.7. The highest BCUT2D eigenvalue weighted by molar-refractivity contribution is 5.49. The minimum absolute atomic E-state index is 0.165. The maximum atomic E-state index is 11.0. The molecule has 4 nitrogen and oxygen atoms in total. The molecule has 1 aliphatic rings. The molecule has 0 saturated carbocycles. The van der Waals surface area contributed by atoms with Crippen LogP contribution >= 0.6 is 0 Å². The summed E-state index contributed by atoms with van der Waals surface area (Å²) in [7, 11) is 0. The quantitative estimate of drug-likeness (QED) is 0.792. The summed E-state index contributed by atoms with van der Waals surface area (Å²) in [6.07, 6.45) is 4.80. The number of carbonyl (C=O) groups excluding carboxylic acids is 1. The summed E-state index contributed by atoms with van der Waals surface area (Å²) in [5, 5.41) is 0. The van der Waals surface area contributed by atoms with Gasteiger partial charge in [0.05, 0.1) is 6.04 Å². The lowest BCUT2D eigenvalue weighted by Gasteiger charge is -2.19. The molecule has 4 heteroatoms. The van der Waals surface area contributed by atoms with Gasteiger partial charge < -0.3 is 9.64 Å². The van der Waals surface area contributed by atoms with Crippen molar-refractivity contribution < 1.29 is 9.53 Å². The lowest BCUT2D eigenvalue weighted by molar-refractivity contribution is -0.118. The second-order valence-corrected chi connectivity index (χ2v) is 5.21. The Hall–Kier alpha value is -2.36. The molecule has 1 fully saturated rings. The van der Waals surface area contributed by atoms with Crippen molar-refractivity contribution in [1.29, 1.82) is 0 Å². The number of hydrogen-bond acceptors (Lipinski definition) is 3. The van der Waals surface area contributed by atoms with E-state index in [1.165, 1.54) is 0 Å². The summed E-state index contributed by atoms with van der Waals surface area (Å²) in [5.41, 5.74) is 2.19. The van der Waals surface area contributed by atoms with Gasteiger partial charge in [-0.3, -0.25) is 4.79 Å². The van der Waals surface area contributed by atoms with Crippen molar-refractivity contribution in [3.8, 4) is 5.88 Å². The number of rotatable bonds is 5. The van der Waals surface area contributed by atoms with Gasteiger partial charge in [0.1, 0.15) is 6.61 Å². The molecular weight excluding hydrogens is 264 g/mol. The van der Waals surface area contributed by atoms with E-state index in [1.54, 1.807) is 0 Å². The lowest BCUT2D eigenvalue weighted by atomic mass is 10.1. The van der Waals surface area contributed by atoms with Gasteiger partial charge in [-0.25, -0.2) is 4.98 Å². The predicted molar refractivity (Wildman–Crippen MR) is 79.8 cm³/mol. The van der Waals surface area contributed by atoms with Gasteiger partial charge in [0.25, 0.3) is 0 Å². The number of ether oxygens (including phenoxy) is 1. The molecule has 0 spiro atoms. The van der Waals surface area contributed by atoms with Gasteiger partial charge in [0.2, 0.25) is 12.3 Å². The standard InChI is InChI=1S/C17H18N2O2/c20-13-19-10-4-7-16(19)15-8-9-17(18-11-15)21-12-14-5-2-1-3-6-14/h1-3,5-6,8-9,11,13,16H,4,7,10,12H2. The monoisotopic (exact) mass is 282 g/mol. The smallest absolute Gasteiger partial charge is 0.213 e. The molecule has 0 aliphatic carbocycles. The van der Waals surface area contributed by atoms with E-state index < -0.39 is 0 Å². The average molecular weight is 282 g/mol. The molecule has 108 valence electrons. The van der Waals surface area contributed by atoms with Crippen molar-refractivity contribution in [2.75, 3.05) is 6.54 Å². The first-order chi connectivity index (χ1) is 10.4. The zero-order valence-electron chi connectivity index (χ0n) is 11.8. The number of pyridine rings is 1. The summed E-state index contributed by atoms with van der Waals surface area (Å²) in [6, 6.07) is 14.0. The van der Waals surface area contributed by atoms with E-state index >= 15 is 0 Å². The van der Waals surface area contributed by atoms with Gasteiger partial charge >= 0.3 is 0 Å². The van der Waals surface area contributed by atoms with Gasteiger partial charge in [-0.2, -0.15) is 0 Å². The number of hydrogen-bond donors (Lipinski definition) is 0. The van der Waals surface area contributed by atoms with E-state index in [4.69, 9.17) is 4.74 Å². The minimum atomic E-state index is 0.165. The fraction of sp³-hybridized carbons (Fsp3) is 0.294. The van der Waals surface area contributed by atoms with E-state index in [0.29, 0.717) is 12.5 Å². The Labute approximate surface area is 124 Å². The van der Waals surface area contributed by atoms with E-state index in [-0.39, 0.29) is 6.04 Å². The lowest BCUT2D eigenvalue weighted by Crippen LogP contribution is -2.21. The van der Waals surface area contributed by atoms with Crippen LogP contribution in [0, 0.1) is 0 Å². The number of carbonyl (C=O) groups is 1. The molecule has 3 rings (SSSR count). The Bertz CT molecular complexity index is 583. The van der Waals surface area contributed by atoms with Gasteiger partial charge in [-0.1, -0.05) is 36.4 Å². The third-order valence-corrected chi connectivity index (χ3v) is 3.80. The van der Waals surface area contributed by atoms with Gasteiger partial charge in [-0.05, 0) is 24.0 Å². The molecule has 1 atom stereocenters. The van der Waals surface area contributed by atoms with Crippen LogP contribution in [-0.2, 0) is 11.4 Å². The Morgan fingerprint density at radius 1 is 1.24 bits per heavy atom. The molecule has 0 bridgehead atoms. The zero-order chi connectivity index (χ0) is 14.5. The first kappa shape index (κ1) is 13.6. The van der Waals surface area contributed by atoms with Crippen molar-refractivity contribution in [3.63, 3.8) is 0 Å². The summed E-state index contributed by atoms with van der Waals surface area (Å²) in [6.45, 7) is 1.34. The Kier molecular flexibility index (Phi) is 4.15. The van der Waals surface area contributed by atoms with E-state index in [1.807, 2.05) is 53.6 Å². The van der Waals surface area contributed by atoms with Crippen molar-refractivity contribution in [3.05, 3.63) is 59.8 Å². The molecule has 2 aromatic rings. The molecule has 0 radical (unpaired) electrons. The van der Waals surface area contributed by atoms with Crippen LogP contribution in [0.5, 0.6) is 5.88 Å². The van der Waals surface area contributed by atoms with Crippen LogP contribution in [-0.4, -0.2) is 22.8 Å². The van der Waals surface area contributed by atoms with Crippen LogP contribution in [0.25, 0.3) is 0 Å². The number of amides is 1. The first-order valence-corrected chi connectivity index (χ1v) is 7.20. The van der Waals surface area contributed by atoms with Crippen LogP contribution in [0.4, 0.5) is 0 Å². The summed E-state index contributed by atoms with van der Waals surface area (Å²) >= 11 is 0. The van der Waals surface area contributed by atoms with Crippen molar-refractivity contribution in [1.82, 2.24) is 9.88 Å². The molecular formula is C17H18N2O2. The number of nitrogens with zero attached hydrogens (tertiary/aromatic N) is 2. The SMILES string of the molecule is O=CN1CCCC1c1ccc(OCc2ccccc2)nc1. The molecule has 2 heterocycles. The Balaban J connectivity index is 1.63. The highest BCUT2D eigenvalue weighted by atomic mass is 16.5. The van der Waals surface area contributed by atoms with Crippen LogP contribution in [0.1, 0.15) is 30.0 Å². The minimum Gasteiger partial charge on any atom is -0.473 e. The third-order valence-electron chi connectivity index (χ3n) is 3.80. The third kappa shape index (κ3) is 3.21. The van der Waals surface area contributed by atoms with E-state index in [0.717, 1.165) is 36.9 Å². The predicted octanol–water partition coefficient (Wildman–Crippen LogP) is 2.95. The Morgan fingerprint density at radius 2 is 2.10 bits per heavy atom. The van der Waals surface area contributed by atoms with Gasteiger partial charge in [0.15, 0.2) is 0 Å². The molecule has 1 aromatic heterocycles. The molecule has 1 unspecified atom stereocenters. The molecule has 1 saturated heterocycles. The van der Waals surface area contributed by atoms with Crippen molar-refractivity contribution in [2.24, 2.45) is 0 Å². The van der Waals surface area contributed by atoms with Crippen LogP contribution in [0.15, 0.2) is 48.7 Å². The van der Waals surface area contributed by atoms with Crippen LogP contribution < -0.4 is 4.74 Å². The second-order valence-electron chi connectivity index (χ2n) is 5.21. The molecule has 0 N–H and O–H groups in total. The molecule has 1 aliphatic heterocycles. The number of aromatic nitrogens is 1. The highest BCUT2D eigenvalue weighted by Crippen LogP contribution is 2.30. The average Bonchev–Trinajstić information content (AvgIpc) is 3.03. The maximum Gasteiger partial charge on any atom is 0.213 e. The molecule has 1 amide bonds. The van der Waals surface area contributed by atoms with E-state index in [9.17, 15) is 4.79 Å². The summed E-state index contributed by atoms with van der Waals surface area (Å²) in [5.74, 6) is 0.609.